The maximum Gasteiger partial charge on any atom is 0.0602 e. The summed E-state index contributed by atoms with van der Waals surface area (Å²) in [5, 5.41) is 0. The lowest BCUT2D eigenvalue weighted by Crippen LogP contribution is -2.32. The largest absolute Gasteiger partial charge is 0.373 e. The fraction of sp³-hybridized carbons (Fsp3) is 0.724. The highest BCUT2D eigenvalue weighted by atomic mass is 16.5. The van der Waals surface area contributed by atoms with Gasteiger partial charge in [0, 0.05) is 5.41 Å². The molecular weight excluding hydrogens is 380 g/mol. The summed E-state index contributed by atoms with van der Waals surface area (Å²) in [6, 6.07) is 8.96. The van der Waals surface area contributed by atoms with E-state index in [-0.39, 0.29) is 16.6 Å². The third-order valence-electron chi connectivity index (χ3n) is 6.17. The van der Waals surface area contributed by atoms with Gasteiger partial charge in [-0.15, -0.1) is 0 Å². The zero-order valence-electron chi connectivity index (χ0n) is 21.6. The Hall–Kier alpha value is -1.12. The van der Waals surface area contributed by atoms with E-state index in [1.54, 1.807) is 0 Å². The number of ether oxygens (including phenoxy) is 2. The molecule has 176 valence electrons. The van der Waals surface area contributed by atoms with Gasteiger partial charge in [0.05, 0.1) is 23.4 Å². The molecule has 0 amide bonds. The summed E-state index contributed by atoms with van der Waals surface area (Å²) >= 11 is 0. The standard InChI is InChI=1S/C29H48O2/c1-9-13-24(30-27(3,4)5)18-21-29(20-17-23-15-11-12-16-26(23)29)22-19-25(14-10-2)31-28(6,7)8/h11-12,15-17,20,24-25H,9-10,13-14,18-19,21-22H2,1-8H3. The summed E-state index contributed by atoms with van der Waals surface area (Å²) in [6.07, 6.45) is 14.5. The van der Waals surface area contributed by atoms with Crippen LogP contribution in [0.25, 0.3) is 6.08 Å². The molecule has 0 N–H and O–H groups in total. The van der Waals surface area contributed by atoms with Crippen LogP contribution in [0.15, 0.2) is 30.3 Å². The van der Waals surface area contributed by atoms with Crippen LogP contribution in [-0.2, 0) is 14.9 Å². The van der Waals surface area contributed by atoms with Gasteiger partial charge in [-0.3, -0.25) is 0 Å². The van der Waals surface area contributed by atoms with E-state index in [1.165, 1.54) is 11.1 Å². The minimum Gasteiger partial charge on any atom is -0.373 e. The van der Waals surface area contributed by atoms with E-state index in [2.05, 4.69) is 91.8 Å². The second kappa shape index (κ2) is 11.1. The van der Waals surface area contributed by atoms with Crippen molar-refractivity contribution in [2.45, 2.75) is 136 Å². The molecule has 0 saturated carbocycles. The summed E-state index contributed by atoms with van der Waals surface area (Å²) in [6.45, 7) is 17.6. The molecule has 1 aliphatic rings. The molecule has 0 heterocycles. The van der Waals surface area contributed by atoms with Gasteiger partial charge in [0.15, 0.2) is 0 Å². The van der Waals surface area contributed by atoms with Crippen molar-refractivity contribution in [1.29, 1.82) is 0 Å². The van der Waals surface area contributed by atoms with Crippen LogP contribution in [0.4, 0.5) is 0 Å². The van der Waals surface area contributed by atoms with Crippen LogP contribution < -0.4 is 0 Å². The lowest BCUT2D eigenvalue weighted by molar-refractivity contribution is -0.0720. The van der Waals surface area contributed by atoms with Gasteiger partial charge < -0.3 is 9.47 Å². The fourth-order valence-electron chi connectivity index (χ4n) is 5.00. The highest BCUT2D eigenvalue weighted by molar-refractivity contribution is 5.65. The van der Waals surface area contributed by atoms with E-state index < -0.39 is 0 Å². The minimum absolute atomic E-state index is 0.0941. The van der Waals surface area contributed by atoms with Crippen molar-refractivity contribution >= 4 is 6.08 Å². The number of hydrogen-bond acceptors (Lipinski definition) is 2. The van der Waals surface area contributed by atoms with Crippen molar-refractivity contribution in [3.05, 3.63) is 41.5 Å². The molecule has 0 bridgehead atoms. The highest BCUT2D eigenvalue weighted by Crippen LogP contribution is 2.44. The SMILES string of the molecule is CCCC(CCC1(CCC(CCC)OC(C)(C)C)C=Cc2ccccc21)OC(C)(C)C. The molecule has 1 aromatic rings. The monoisotopic (exact) mass is 428 g/mol. The summed E-state index contributed by atoms with van der Waals surface area (Å²) in [5.41, 5.74) is 2.78. The molecule has 2 nitrogen and oxygen atoms in total. The van der Waals surface area contributed by atoms with Crippen LogP contribution in [0.5, 0.6) is 0 Å². The molecular formula is C29H48O2. The number of rotatable bonds is 12. The van der Waals surface area contributed by atoms with Gasteiger partial charge in [-0.2, -0.15) is 0 Å². The Morgan fingerprint density at radius 2 is 1.23 bits per heavy atom. The highest BCUT2D eigenvalue weighted by Gasteiger charge is 2.36. The van der Waals surface area contributed by atoms with Crippen molar-refractivity contribution in [3.8, 4) is 0 Å². The fourth-order valence-corrected chi connectivity index (χ4v) is 5.00. The predicted octanol–water partition coefficient (Wildman–Crippen LogP) is 8.48. The predicted molar refractivity (Wildman–Crippen MR) is 135 cm³/mol. The molecule has 1 aliphatic carbocycles. The van der Waals surface area contributed by atoms with Crippen molar-refractivity contribution in [3.63, 3.8) is 0 Å². The van der Waals surface area contributed by atoms with Crippen LogP contribution in [0.1, 0.15) is 118 Å². The Bertz CT molecular complexity index is 659. The number of fused-ring (bicyclic) bond motifs is 1. The van der Waals surface area contributed by atoms with Crippen LogP contribution in [-0.4, -0.2) is 23.4 Å². The molecule has 31 heavy (non-hydrogen) atoms. The topological polar surface area (TPSA) is 18.5 Å². The van der Waals surface area contributed by atoms with Gasteiger partial charge in [-0.05, 0) is 91.2 Å². The van der Waals surface area contributed by atoms with Gasteiger partial charge in [-0.25, -0.2) is 0 Å². The van der Waals surface area contributed by atoms with E-state index in [1.807, 2.05) is 0 Å². The van der Waals surface area contributed by atoms with Crippen LogP contribution in [0, 0.1) is 0 Å². The first-order chi connectivity index (χ1) is 14.5. The van der Waals surface area contributed by atoms with Crippen LogP contribution >= 0.6 is 0 Å². The van der Waals surface area contributed by atoms with Gasteiger partial charge in [0.1, 0.15) is 0 Å². The molecule has 0 aliphatic heterocycles. The van der Waals surface area contributed by atoms with Crippen molar-refractivity contribution in [2.75, 3.05) is 0 Å². The van der Waals surface area contributed by atoms with Gasteiger partial charge in [0.2, 0.25) is 0 Å². The molecule has 2 atom stereocenters. The molecule has 1 aromatic carbocycles. The third-order valence-corrected chi connectivity index (χ3v) is 6.17. The van der Waals surface area contributed by atoms with Crippen LogP contribution in [0.2, 0.25) is 0 Å². The van der Waals surface area contributed by atoms with E-state index >= 15 is 0 Å². The van der Waals surface area contributed by atoms with Crippen LogP contribution in [0.3, 0.4) is 0 Å². The zero-order chi connectivity index (χ0) is 23.1. The number of allylic oxidation sites excluding steroid dienone is 1. The summed E-state index contributed by atoms with van der Waals surface area (Å²) in [7, 11) is 0. The first-order valence-corrected chi connectivity index (χ1v) is 12.6. The van der Waals surface area contributed by atoms with E-state index in [0.717, 1.165) is 51.4 Å². The molecule has 2 rings (SSSR count). The maximum atomic E-state index is 6.45. The molecule has 2 heteroatoms. The average Bonchev–Trinajstić information content (AvgIpc) is 3.02. The lowest BCUT2D eigenvalue weighted by atomic mass is 9.73. The van der Waals surface area contributed by atoms with E-state index in [9.17, 15) is 0 Å². The number of benzene rings is 1. The summed E-state index contributed by atoms with van der Waals surface area (Å²) < 4.78 is 12.9. The minimum atomic E-state index is -0.0941. The smallest absolute Gasteiger partial charge is 0.0602 e. The third kappa shape index (κ3) is 8.39. The number of hydrogen-bond donors (Lipinski definition) is 0. The Morgan fingerprint density at radius 1 is 0.742 bits per heavy atom. The second-order valence-corrected chi connectivity index (χ2v) is 11.4. The molecule has 0 aromatic heterocycles. The first kappa shape index (κ1) is 26.1. The Balaban J connectivity index is 2.20. The molecule has 0 radical (unpaired) electrons. The Kier molecular flexibility index (Phi) is 9.40. The zero-order valence-corrected chi connectivity index (χ0v) is 21.6. The van der Waals surface area contributed by atoms with E-state index in [4.69, 9.17) is 9.47 Å². The van der Waals surface area contributed by atoms with Gasteiger partial charge >= 0.3 is 0 Å². The van der Waals surface area contributed by atoms with Crippen molar-refractivity contribution in [2.24, 2.45) is 0 Å². The molecule has 0 saturated heterocycles. The van der Waals surface area contributed by atoms with Gasteiger partial charge in [-0.1, -0.05) is 63.1 Å². The second-order valence-electron chi connectivity index (χ2n) is 11.4. The van der Waals surface area contributed by atoms with Crippen molar-refractivity contribution in [1.82, 2.24) is 0 Å². The normalized spacial score (nSPS) is 20.6. The summed E-state index contributed by atoms with van der Waals surface area (Å²) in [5.74, 6) is 0. The molecule has 2 unspecified atom stereocenters. The lowest BCUT2D eigenvalue weighted by Gasteiger charge is -2.35. The van der Waals surface area contributed by atoms with Crippen molar-refractivity contribution < 1.29 is 9.47 Å². The molecule has 0 spiro atoms. The van der Waals surface area contributed by atoms with E-state index in [0.29, 0.717) is 12.2 Å². The summed E-state index contributed by atoms with van der Waals surface area (Å²) in [4.78, 5) is 0. The average molecular weight is 429 g/mol. The Labute approximate surface area is 192 Å². The first-order valence-electron chi connectivity index (χ1n) is 12.6. The maximum absolute atomic E-state index is 6.45. The van der Waals surface area contributed by atoms with Gasteiger partial charge in [0.25, 0.3) is 0 Å². The molecule has 0 fully saturated rings. The Morgan fingerprint density at radius 3 is 1.68 bits per heavy atom. The quantitative estimate of drug-likeness (QED) is 0.332.